The zero-order valence-corrected chi connectivity index (χ0v) is 22.1. The van der Waals surface area contributed by atoms with Gasteiger partial charge in [0.05, 0.1) is 10.7 Å². The summed E-state index contributed by atoms with van der Waals surface area (Å²) < 4.78 is 30.0. The van der Waals surface area contributed by atoms with Crippen molar-refractivity contribution in [3.05, 3.63) is 71.8 Å². The molecule has 5 aromatic rings. The van der Waals surface area contributed by atoms with Gasteiger partial charge in [-0.1, -0.05) is 23.7 Å². The highest BCUT2D eigenvalue weighted by Gasteiger charge is 2.19. The normalized spacial score (nSPS) is 16.1. The molecule has 38 heavy (non-hydrogen) atoms. The third-order valence-electron chi connectivity index (χ3n) is 6.46. The summed E-state index contributed by atoms with van der Waals surface area (Å²) in [4.78, 5) is 18.4. The van der Waals surface area contributed by atoms with Gasteiger partial charge in [0.15, 0.2) is 5.65 Å². The molecule has 0 amide bonds. The summed E-state index contributed by atoms with van der Waals surface area (Å²) in [6, 6.07) is 11.9. The second-order valence-electron chi connectivity index (χ2n) is 9.26. The van der Waals surface area contributed by atoms with Crippen molar-refractivity contribution in [1.29, 1.82) is 0 Å². The molecule has 1 aromatic carbocycles. The number of aryl methyl sites for hydroxylation is 1. The van der Waals surface area contributed by atoms with Crippen molar-refractivity contribution in [2.75, 3.05) is 23.1 Å². The Morgan fingerprint density at radius 1 is 1.08 bits per heavy atom. The lowest BCUT2D eigenvalue weighted by molar-refractivity contribution is 0.478. The van der Waals surface area contributed by atoms with E-state index in [0.717, 1.165) is 59.4 Å². The Bertz CT molecular complexity index is 1750. The van der Waals surface area contributed by atoms with Crippen molar-refractivity contribution in [3.63, 3.8) is 0 Å². The summed E-state index contributed by atoms with van der Waals surface area (Å²) in [6.07, 6.45) is 7.55. The molecule has 0 radical (unpaired) electrons. The van der Waals surface area contributed by atoms with Gasteiger partial charge in [-0.15, -0.1) is 0 Å². The third kappa shape index (κ3) is 4.75. The van der Waals surface area contributed by atoms with Crippen LogP contribution in [0.5, 0.6) is 0 Å². The maximum absolute atomic E-state index is 12.8. The molecule has 1 fully saturated rings. The Labute approximate surface area is 224 Å². The van der Waals surface area contributed by atoms with Crippen LogP contribution in [0.15, 0.2) is 66.0 Å². The van der Waals surface area contributed by atoms with E-state index in [1.165, 1.54) is 12.1 Å². The molecule has 0 saturated carbocycles. The van der Waals surface area contributed by atoms with Crippen LogP contribution in [-0.4, -0.2) is 51.9 Å². The molecule has 4 aromatic heterocycles. The van der Waals surface area contributed by atoms with E-state index in [-0.39, 0.29) is 15.7 Å². The number of hydrogen-bond donors (Lipinski definition) is 3. The molecule has 0 spiro atoms. The molecule has 1 aliphatic heterocycles. The minimum atomic E-state index is -3.88. The first-order valence-electron chi connectivity index (χ1n) is 12.2. The number of aromatic nitrogens is 5. The predicted molar refractivity (Wildman–Crippen MR) is 148 cm³/mol. The lowest BCUT2D eigenvalue weighted by Gasteiger charge is -2.23. The standard InChI is InChI=1S/C26H25ClN8O2S/c1-16-15-35-24-18(13-30-26(33-24)32-19-5-4-10-28-14-19)11-20(25(35)31-16)17-8-9-23(29-12-17)34-38(36,37)22-7-3-2-6-21(22)27/h2-3,6-9,11-13,15,19,28H,4-5,10,14H2,1H3,(H,29,34)(H,30,32,33). The molecule has 3 N–H and O–H groups in total. The number of imidazole rings is 1. The van der Waals surface area contributed by atoms with E-state index in [2.05, 4.69) is 25.3 Å². The highest BCUT2D eigenvalue weighted by molar-refractivity contribution is 7.92. The molecule has 6 rings (SSSR count). The Hall–Kier alpha value is -3.80. The number of rotatable bonds is 6. The van der Waals surface area contributed by atoms with Gasteiger partial charge >= 0.3 is 0 Å². The molecular formula is C26H25ClN8O2S. The van der Waals surface area contributed by atoms with E-state index in [0.29, 0.717) is 12.0 Å². The van der Waals surface area contributed by atoms with Crippen LogP contribution in [0.1, 0.15) is 18.5 Å². The van der Waals surface area contributed by atoms with Gasteiger partial charge in [-0.05, 0) is 56.6 Å². The number of anilines is 2. The molecule has 5 heterocycles. The van der Waals surface area contributed by atoms with Gasteiger partial charge in [0.1, 0.15) is 16.4 Å². The summed E-state index contributed by atoms with van der Waals surface area (Å²) in [7, 11) is -3.88. The van der Waals surface area contributed by atoms with Gasteiger partial charge in [-0.2, -0.15) is 4.98 Å². The summed E-state index contributed by atoms with van der Waals surface area (Å²) in [5, 5.41) is 7.82. The molecule has 10 nitrogen and oxygen atoms in total. The van der Waals surface area contributed by atoms with Gasteiger partial charge in [-0.25, -0.2) is 23.4 Å². The molecule has 0 bridgehead atoms. The second-order valence-corrected chi connectivity index (χ2v) is 11.3. The summed E-state index contributed by atoms with van der Waals surface area (Å²) in [5.74, 6) is 0.768. The average Bonchev–Trinajstić information content (AvgIpc) is 3.31. The van der Waals surface area contributed by atoms with Crippen molar-refractivity contribution in [2.24, 2.45) is 0 Å². The second kappa shape index (κ2) is 9.82. The average molecular weight is 549 g/mol. The van der Waals surface area contributed by atoms with Crippen molar-refractivity contribution >= 4 is 50.1 Å². The van der Waals surface area contributed by atoms with Gasteiger partial charge in [0, 0.05) is 47.7 Å². The van der Waals surface area contributed by atoms with E-state index in [1.807, 2.05) is 23.6 Å². The topological polar surface area (TPSA) is 126 Å². The monoisotopic (exact) mass is 548 g/mol. The number of pyridine rings is 2. The molecule has 0 aliphatic carbocycles. The SMILES string of the molecule is Cc1cn2c(n1)c(-c1ccc(NS(=O)(=O)c3ccccc3Cl)nc1)cc1cnc(NC3CCCNC3)nc12. The number of nitrogens with zero attached hydrogens (tertiary/aromatic N) is 5. The van der Waals surface area contributed by atoms with Crippen molar-refractivity contribution in [3.8, 4) is 11.1 Å². The summed E-state index contributed by atoms with van der Waals surface area (Å²) in [6.45, 7) is 3.86. The number of nitrogens with one attached hydrogen (secondary N) is 3. The predicted octanol–water partition coefficient (Wildman–Crippen LogP) is 4.27. The molecule has 1 atom stereocenters. The van der Waals surface area contributed by atoms with Crippen LogP contribution in [0.2, 0.25) is 5.02 Å². The maximum Gasteiger partial charge on any atom is 0.264 e. The summed E-state index contributed by atoms with van der Waals surface area (Å²) >= 11 is 6.08. The van der Waals surface area contributed by atoms with Gasteiger partial charge in [-0.3, -0.25) is 9.12 Å². The third-order valence-corrected chi connectivity index (χ3v) is 8.32. The first-order valence-corrected chi connectivity index (χ1v) is 14.1. The largest absolute Gasteiger partial charge is 0.350 e. The van der Waals surface area contributed by atoms with Gasteiger partial charge in [0.2, 0.25) is 5.95 Å². The number of hydrogen-bond acceptors (Lipinski definition) is 8. The first kappa shape index (κ1) is 24.5. The van der Waals surface area contributed by atoms with Crippen molar-refractivity contribution in [2.45, 2.75) is 30.7 Å². The molecule has 194 valence electrons. The van der Waals surface area contributed by atoms with Gasteiger partial charge in [0.25, 0.3) is 10.0 Å². The van der Waals surface area contributed by atoms with Gasteiger partial charge < -0.3 is 10.6 Å². The number of piperidine rings is 1. The van der Waals surface area contributed by atoms with Crippen molar-refractivity contribution in [1.82, 2.24) is 29.7 Å². The fraction of sp³-hybridized carbons (Fsp3) is 0.231. The van der Waals surface area contributed by atoms with E-state index < -0.39 is 10.0 Å². The Morgan fingerprint density at radius 2 is 1.95 bits per heavy atom. The molecule has 12 heteroatoms. The lowest BCUT2D eigenvalue weighted by atomic mass is 10.1. The van der Waals surface area contributed by atoms with Crippen LogP contribution >= 0.6 is 11.6 Å². The highest BCUT2D eigenvalue weighted by Crippen LogP contribution is 2.30. The van der Waals surface area contributed by atoms with Crippen LogP contribution in [-0.2, 0) is 10.0 Å². The Morgan fingerprint density at radius 3 is 2.71 bits per heavy atom. The van der Waals surface area contributed by atoms with E-state index in [9.17, 15) is 8.42 Å². The fourth-order valence-corrected chi connectivity index (χ4v) is 6.18. The zero-order chi connectivity index (χ0) is 26.3. The summed E-state index contributed by atoms with van der Waals surface area (Å²) in [5.41, 5.74) is 3.94. The number of halogens is 1. The number of benzene rings is 1. The Kier molecular flexibility index (Phi) is 6.34. The Balaban J connectivity index is 1.33. The minimum absolute atomic E-state index is 0.00903. The van der Waals surface area contributed by atoms with Crippen LogP contribution < -0.4 is 15.4 Å². The number of fused-ring (bicyclic) bond motifs is 3. The highest BCUT2D eigenvalue weighted by atomic mass is 35.5. The smallest absolute Gasteiger partial charge is 0.264 e. The maximum atomic E-state index is 12.8. The lowest BCUT2D eigenvalue weighted by Crippen LogP contribution is -2.38. The fourth-order valence-electron chi connectivity index (χ4n) is 4.65. The van der Waals surface area contributed by atoms with E-state index in [1.54, 1.807) is 36.7 Å². The molecular weight excluding hydrogens is 524 g/mol. The van der Waals surface area contributed by atoms with Crippen LogP contribution in [0.25, 0.3) is 27.8 Å². The zero-order valence-electron chi connectivity index (χ0n) is 20.5. The van der Waals surface area contributed by atoms with E-state index in [4.69, 9.17) is 21.6 Å². The molecule has 1 saturated heterocycles. The molecule has 1 unspecified atom stereocenters. The van der Waals surface area contributed by atoms with Crippen LogP contribution in [0.3, 0.4) is 0 Å². The number of sulfonamides is 1. The molecule has 1 aliphatic rings. The quantitative estimate of drug-likeness (QED) is 0.287. The first-order chi connectivity index (χ1) is 18.4. The van der Waals surface area contributed by atoms with Crippen LogP contribution in [0.4, 0.5) is 11.8 Å². The van der Waals surface area contributed by atoms with E-state index >= 15 is 0 Å². The van der Waals surface area contributed by atoms with Crippen molar-refractivity contribution < 1.29 is 8.42 Å². The minimum Gasteiger partial charge on any atom is -0.350 e. The van der Waals surface area contributed by atoms with Crippen LogP contribution in [0, 0.1) is 6.92 Å².